The molecule has 1 N–H and O–H groups in total. The molecular formula is C15H23ClN2. The third-order valence-electron chi connectivity index (χ3n) is 3.74. The van der Waals surface area contributed by atoms with Crippen LogP contribution in [0.1, 0.15) is 25.3 Å². The Hall–Kier alpha value is -0.570. The van der Waals surface area contributed by atoms with Crippen molar-refractivity contribution in [2.45, 2.75) is 31.2 Å². The summed E-state index contributed by atoms with van der Waals surface area (Å²) in [5.74, 6) is 0. The summed E-state index contributed by atoms with van der Waals surface area (Å²) in [4.78, 5) is 2.22. The van der Waals surface area contributed by atoms with E-state index in [4.69, 9.17) is 11.6 Å². The van der Waals surface area contributed by atoms with Crippen LogP contribution in [0.3, 0.4) is 0 Å². The van der Waals surface area contributed by atoms with Crippen molar-refractivity contribution in [2.75, 3.05) is 27.2 Å². The van der Waals surface area contributed by atoms with Crippen LogP contribution in [0, 0.1) is 0 Å². The van der Waals surface area contributed by atoms with Gasteiger partial charge >= 0.3 is 0 Å². The van der Waals surface area contributed by atoms with Crippen LogP contribution in [0.15, 0.2) is 24.3 Å². The number of nitrogens with zero attached hydrogens (tertiary/aromatic N) is 1. The Kier molecular flexibility index (Phi) is 4.31. The maximum absolute atomic E-state index is 5.95. The molecule has 0 heterocycles. The third-order valence-corrected chi connectivity index (χ3v) is 3.99. The second-order valence-corrected chi connectivity index (χ2v) is 6.27. The molecule has 1 aliphatic carbocycles. The van der Waals surface area contributed by atoms with Crippen molar-refractivity contribution in [3.63, 3.8) is 0 Å². The number of halogens is 1. The Bertz CT molecular complexity index is 382. The average Bonchev–Trinajstić information content (AvgIpc) is 3.08. The number of likely N-dealkylation sites (N-methyl/N-ethyl adjacent to an activating group) is 1. The van der Waals surface area contributed by atoms with Gasteiger partial charge in [-0.25, -0.2) is 0 Å². The van der Waals surface area contributed by atoms with Gasteiger partial charge in [0.1, 0.15) is 0 Å². The van der Waals surface area contributed by atoms with E-state index in [2.05, 4.69) is 43.4 Å². The highest BCUT2D eigenvalue weighted by atomic mass is 35.5. The molecule has 1 atom stereocenters. The maximum atomic E-state index is 5.95. The van der Waals surface area contributed by atoms with E-state index in [1.807, 2.05) is 12.1 Å². The molecule has 1 aromatic carbocycles. The summed E-state index contributed by atoms with van der Waals surface area (Å²) < 4.78 is 0. The van der Waals surface area contributed by atoms with Crippen LogP contribution in [0.4, 0.5) is 0 Å². The summed E-state index contributed by atoms with van der Waals surface area (Å²) in [6.45, 7) is 4.40. The van der Waals surface area contributed by atoms with Gasteiger partial charge in [0.05, 0.1) is 0 Å². The lowest BCUT2D eigenvalue weighted by Gasteiger charge is -2.22. The second-order valence-electron chi connectivity index (χ2n) is 5.83. The van der Waals surface area contributed by atoms with Gasteiger partial charge in [-0.1, -0.05) is 23.7 Å². The first kappa shape index (κ1) is 13.9. The van der Waals surface area contributed by atoms with Crippen LogP contribution < -0.4 is 5.32 Å². The smallest absolute Gasteiger partial charge is 0.0406 e. The number of rotatable bonds is 6. The quantitative estimate of drug-likeness (QED) is 0.852. The van der Waals surface area contributed by atoms with Crippen molar-refractivity contribution in [2.24, 2.45) is 0 Å². The van der Waals surface area contributed by atoms with Crippen molar-refractivity contribution in [3.8, 4) is 0 Å². The van der Waals surface area contributed by atoms with E-state index in [-0.39, 0.29) is 0 Å². The summed E-state index contributed by atoms with van der Waals surface area (Å²) in [5, 5.41) is 4.48. The largest absolute Gasteiger partial charge is 0.312 e. The Morgan fingerprint density at radius 1 is 1.28 bits per heavy atom. The van der Waals surface area contributed by atoms with Crippen molar-refractivity contribution < 1.29 is 0 Å². The highest BCUT2D eigenvalue weighted by molar-refractivity contribution is 6.30. The molecule has 2 nitrogen and oxygen atoms in total. The Morgan fingerprint density at radius 2 is 1.89 bits per heavy atom. The first-order valence-corrected chi connectivity index (χ1v) is 7.04. The minimum absolute atomic E-state index is 0.366. The van der Waals surface area contributed by atoms with Gasteiger partial charge in [0.2, 0.25) is 0 Å². The van der Waals surface area contributed by atoms with E-state index in [0.717, 1.165) is 18.1 Å². The molecule has 100 valence electrons. The number of hydrogen-bond donors (Lipinski definition) is 1. The highest BCUT2D eigenvalue weighted by Crippen LogP contribution is 2.47. The first-order chi connectivity index (χ1) is 8.52. The molecule has 0 aliphatic heterocycles. The van der Waals surface area contributed by atoms with Crippen LogP contribution in [-0.2, 0) is 5.41 Å². The fourth-order valence-electron chi connectivity index (χ4n) is 2.50. The second kappa shape index (κ2) is 5.60. The molecule has 1 aliphatic rings. The van der Waals surface area contributed by atoms with Crippen LogP contribution in [0.25, 0.3) is 0 Å². The third kappa shape index (κ3) is 3.47. The van der Waals surface area contributed by atoms with E-state index >= 15 is 0 Å². The summed E-state index contributed by atoms with van der Waals surface area (Å²) in [6, 6.07) is 8.88. The van der Waals surface area contributed by atoms with Crippen LogP contribution >= 0.6 is 11.6 Å². The fraction of sp³-hybridized carbons (Fsp3) is 0.600. The van der Waals surface area contributed by atoms with Gasteiger partial charge in [0.15, 0.2) is 0 Å². The van der Waals surface area contributed by atoms with E-state index in [1.165, 1.54) is 18.4 Å². The average molecular weight is 267 g/mol. The zero-order chi connectivity index (χ0) is 13.2. The standard InChI is InChI=1S/C15H23ClN2/c1-12(10-18(2)3)17-11-15(8-9-15)13-4-6-14(16)7-5-13/h4-7,12,17H,8-11H2,1-3H3/t12-/m0/s1. The van der Waals surface area contributed by atoms with Crippen LogP contribution in [0.5, 0.6) is 0 Å². The minimum atomic E-state index is 0.366. The summed E-state index contributed by atoms with van der Waals surface area (Å²) in [7, 11) is 4.23. The molecule has 0 spiro atoms. The molecule has 0 saturated heterocycles. The molecule has 3 heteroatoms. The molecule has 1 fully saturated rings. The topological polar surface area (TPSA) is 15.3 Å². The Labute approximate surface area is 115 Å². The lowest BCUT2D eigenvalue weighted by atomic mass is 9.96. The summed E-state index contributed by atoms with van der Waals surface area (Å²) in [5.41, 5.74) is 1.79. The maximum Gasteiger partial charge on any atom is 0.0406 e. The predicted octanol–water partition coefficient (Wildman–Crippen LogP) is 2.91. The van der Waals surface area contributed by atoms with Gasteiger partial charge < -0.3 is 10.2 Å². The lowest BCUT2D eigenvalue weighted by molar-refractivity contribution is 0.343. The molecule has 0 amide bonds. The molecule has 2 rings (SSSR count). The number of hydrogen-bond acceptors (Lipinski definition) is 2. The van der Waals surface area contributed by atoms with Crippen molar-refractivity contribution in [1.29, 1.82) is 0 Å². The molecule has 0 unspecified atom stereocenters. The first-order valence-electron chi connectivity index (χ1n) is 6.66. The SMILES string of the molecule is C[C@@H](CN(C)C)NCC1(c2ccc(Cl)cc2)CC1. The molecule has 0 bridgehead atoms. The predicted molar refractivity (Wildman–Crippen MR) is 78.4 cm³/mol. The Balaban J connectivity index is 1.90. The summed E-state index contributed by atoms with van der Waals surface area (Å²) in [6.07, 6.45) is 2.58. The van der Waals surface area contributed by atoms with Gasteiger partial charge in [-0.15, -0.1) is 0 Å². The van der Waals surface area contributed by atoms with Gasteiger partial charge in [0, 0.05) is 29.6 Å². The van der Waals surface area contributed by atoms with E-state index in [9.17, 15) is 0 Å². The van der Waals surface area contributed by atoms with Gasteiger partial charge in [0.25, 0.3) is 0 Å². The number of nitrogens with one attached hydrogen (secondary N) is 1. The Morgan fingerprint density at radius 3 is 2.39 bits per heavy atom. The van der Waals surface area contributed by atoms with E-state index in [0.29, 0.717) is 11.5 Å². The van der Waals surface area contributed by atoms with Crippen LogP contribution in [-0.4, -0.2) is 38.1 Å². The zero-order valence-electron chi connectivity index (χ0n) is 11.5. The molecule has 1 saturated carbocycles. The van der Waals surface area contributed by atoms with Gasteiger partial charge in [-0.3, -0.25) is 0 Å². The molecule has 0 radical (unpaired) electrons. The molecule has 1 aromatic rings. The normalized spacial score (nSPS) is 18.9. The van der Waals surface area contributed by atoms with Crippen molar-refractivity contribution in [3.05, 3.63) is 34.9 Å². The van der Waals surface area contributed by atoms with Gasteiger partial charge in [-0.2, -0.15) is 0 Å². The minimum Gasteiger partial charge on any atom is -0.312 e. The van der Waals surface area contributed by atoms with E-state index < -0.39 is 0 Å². The molecule has 0 aromatic heterocycles. The molecular weight excluding hydrogens is 244 g/mol. The van der Waals surface area contributed by atoms with Crippen molar-refractivity contribution in [1.82, 2.24) is 10.2 Å². The lowest BCUT2D eigenvalue weighted by Crippen LogP contribution is -2.39. The van der Waals surface area contributed by atoms with E-state index in [1.54, 1.807) is 0 Å². The van der Waals surface area contributed by atoms with Gasteiger partial charge in [-0.05, 0) is 51.6 Å². The fourth-order valence-corrected chi connectivity index (χ4v) is 2.63. The molecule has 18 heavy (non-hydrogen) atoms. The monoisotopic (exact) mass is 266 g/mol. The zero-order valence-corrected chi connectivity index (χ0v) is 12.3. The summed E-state index contributed by atoms with van der Waals surface area (Å²) >= 11 is 5.95. The van der Waals surface area contributed by atoms with Crippen molar-refractivity contribution >= 4 is 11.6 Å². The number of benzene rings is 1. The van der Waals surface area contributed by atoms with Crippen LogP contribution in [0.2, 0.25) is 5.02 Å². The highest BCUT2D eigenvalue weighted by Gasteiger charge is 2.43.